The number of nitrogens with one attached hydrogen (secondary N) is 1. The van der Waals surface area contributed by atoms with Gasteiger partial charge in [-0.15, -0.1) is 0 Å². The number of anilines is 1. The fourth-order valence-corrected chi connectivity index (χ4v) is 2.93. The highest BCUT2D eigenvalue weighted by Crippen LogP contribution is 2.35. The summed E-state index contributed by atoms with van der Waals surface area (Å²) in [5.41, 5.74) is 2.17. The van der Waals surface area contributed by atoms with Crippen molar-refractivity contribution >= 4 is 11.6 Å². The number of amides is 1. The SMILES string of the molecule is CN1C(=O)CC(NC(CCO)C(C)(C)C)c2ccccc21. The molecule has 0 bridgehead atoms. The highest BCUT2D eigenvalue weighted by molar-refractivity contribution is 5.96. The Balaban J connectivity index is 2.27. The number of hydrogen-bond acceptors (Lipinski definition) is 3. The van der Waals surface area contributed by atoms with Crippen molar-refractivity contribution in [2.24, 2.45) is 5.41 Å². The molecule has 0 fully saturated rings. The summed E-state index contributed by atoms with van der Waals surface area (Å²) in [6.45, 7) is 6.62. The van der Waals surface area contributed by atoms with E-state index < -0.39 is 0 Å². The molecule has 1 heterocycles. The van der Waals surface area contributed by atoms with Gasteiger partial charge in [-0.05, 0) is 23.5 Å². The average Bonchev–Trinajstić information content (AvgIpc) is 2.43. The number of benzene rings is 1. The van der Waals surface area contributed by atoms with Crippen LogP contribution in [0.4, 0.5) is 5.69 Å². The highest BCUT2D eigenvalue weighted by atomic mass is 16.3. The summed E-state index contributed by atoms with van der Waals surface area (Å²) in [6, 6.07) is 8.21. The quantitative estimate of drug-likeness (QED) is 0.895. The van der Waals surface area contributed by atoms with Crippen molar-refractivity contribution in [1.82, 2.24) is 5.32 Å². The van der Waals surface area contributed by atoms with Gasteiger partial charge in [0.1, 0.15) is 0 Å². The van der Waals surface area contributed by atoms with Gasteiger partial charge in [-0.25, -0.2) is 0 Å². The van der Waals surface area contributed by atoms with E-state index in [1.165, 1.54) is 0 Å². The van der Waals surface area contributed by atoms with Crippen molar-refractivity contribution in [2.75, 3.05) is 18.6 Å². The lowest BCUT2D eigenvalue weighted by Crippen LogP contribution is -2.46. The molecule has 0 aromatic heterocycles. The molecule has 1 aliphatic heterocycles. The summed E-state index contributed by atoms with van der Waals surface area (Å²) >= 11 is 0. The molecule has 0 aliphatic carbocycles. The molecule has 21 heavy (non-hydrogen) atoms. The van der Waals surface area contributed by atoms with Crippen LogP contribution in [0.3, 0.4) is 0 Å². The third-order valence-electron chi connectivity index (χ3n) is 4.29. The molecule has 1 aliphatic rings. The first-order valence-electron chi connectivity index (χ1n) is 7.57. The number of hydrogen-bond donors (Lipinski definition) is 2. The van der Waals surface area contributed by atoms with Gasteiger partial charge in [-0.3, -0.25) is 4.79 Å². The Hall–Kier alpha value is -1.39. The number of carbonyl (C=O) groups excluding carboxylic acids is 1. The van der Waals surface area contributed by atoms with E-state index in [2.05, 4.69) is 32.2 Å². The average molecular weight is 290 g/mol. The van der Waals surface area contributed by atoms with Crippen LogP contribution < -0.4 is 10.2 Å². The summed E-state index contributed by atoms with van der Waals surface area (Å²) in [4.78, 5) is 13.9. The molecule has 4 heteroatoms. The molecule has 1 amide bonds. The zero-order chi connectivity index (χ0) is 15.6. The maximum atomic E-state index is 12.2. The van der Waals surface area contributed by atoms with Crippen molar-refractivity contribution < 1.29 is 9.90 Å². The normalized spacial score (nSPS) is 20.3. The number of carbonyl (C=O) groups is 1. The van der Waals surface area contributed by atoms with Gasteiger partial charge in [-0.1, -0.05) is 39.0 Å². The van der Waals surface area contributed by atoms with E-state index in [0.29, 0.717) is 12.8 Å². The largest absolute Gasteiger partial charge is 0.396 e. The first kappa shape index (κ1) is 16.0. The predicted molar refractivity (Wildman–Crippen MR) is 85.3 cm³/mol. The molecule has 116 valence electrons. The van der Waals surface area contributed by atoms with Crippen LogP contribution in [0.5, 0.6) is 0 Å². The van der Waals surface area contributed by atoms with Crippen molar-refractivity contribution in [3.63, 3.8) is 0 Å². The van der Waals surface area contributed by atoms with E-state index in [1.54, 1.807) is 4.90 Å². The second-order valence-corrected chi connectivity index (χ2v) is 6.87. The van der Waals surface area contributed by atoms with Crippen LogP contribution in [-0.2, 0) is 4.79 Å². The van der Waals surface area contributed by atoms with Crippen molar-refractivity contribution in [3.05, 3.63) is 29.8 Å². The van der Waals surface area contributed by atoms with E-state index in [-0.39, 0.29) is 30.0 Å². The topological polar surface area (TPSA) is 52.6 Å². The Labute approximate surface area is 127 Å². The smallest absolute Gasteiger partial charge is 0.228 e. The minimum absolute atomic E-state index is 0.0145. The van der Waals surface area contributed by atoms with Crippen LogP contribution >= 0.6 is 0 Å². The third-order valence-corrected chi connectivity index (χ3v) is 4.29. The Kier molecular flexibility index (Phi) is 4.69. The van der Waals surface area contributed by atoms with Gasteiger partial charge in [0.25, 0.3) is 0 Å². The maximum Gasteiger partial charge on any atom is 0.228 e. The molecular formula is C17H26N2O2. The van der Waals surface area contributed by atoms with Crippen molar-refractivity contribution in [2.45, 2.75) is 45.7 Å². The van der Waals surface area contributed by atoms with Gasteiger partial charge in [0.05, 0.1) is 0 Å². The van der Waals surface area contributed by atoms with Crippen LogP contribution in [0.15, 0.2) is 24.3 Å². The number of aliphatic hydroxyl groups is 1. The Morgan fingerprint density at radius 3 is 2.67 bits per heavy atom. The van der Waals surface area contributed by atoms with Gasteiger partial charge >= 0.3 is 0 Å². The van der Waals surface area contributed by atoms with Crippen molar-refractivity contribution in [3.8, 4) is 0 Å². The molecule has 0 saturated carbocycles. The molecule has 4 nitrogen and oxygen atoms in total. The number of para-hydroxylation sites is 1. The number of rotatable bonds is 4. The summed E-state index contributed by atoms with van der Waals surface area (Å²) in [6.07, 6.45) is 1.15. The first-order valence-corrected chi connectivity index (χ1v) is 7.57. The molecule has 0 spiro atoms. The maximum absolute atomic E-state index is 12.2. The molecule has 2 unspecified atom stereocenters. The van der Waals surface area contributed by atoms with E-state index >= 15 is 0 Å². The van der Waals surface area contributed by atoms with E-state index in [1.807, 2.05) is 25.2 Å². The van der Waals surface area contributed by atoms with Crippen LogP contribution in [0, 0.1) is 5.41 Å². The van der Waals surface area contributed by atoms with Gasteiger partial charge in [0.2, 0.25) is 5.91 Å². The minimum atomic E-state index is 0.0145. The van der Waals surface area contributed by atoms with E-state index in [9.17, 15) is 9.90 Å². The van der Waals surface area contributed by atoms with E-state index in [4.69, 9.17) is 0 Å². The second kappa shape index (κ2) is 6.16. The van der Waals surface area contributed by atoms with Crippen LogP contribution in [0.25, 0.3) is 0 Å². The number of aliphatic hydroxyl groups excluding tert-OH is 1. The second-order valence-electron chi connectivity index (χ2n) is 6.87. The summed E-state index contributed by atoms with van der Waals surface area (Å²) in [5, 5.41) is 12.9. The van der Waals surface area contributed by atoms with E-state index in [0.717, 1.165) is 11.3 Å². The van der Waals surface area contributed by atoms with Gasteiger partial charge in [-0.2, -0.15) is 0 Å². The highest BCUT2D eigenvalue weighted by Gasteiger charge is 2.33. The summed E-state index contributed by atoms with van der Waals surface area (Å²) in [7, 11) is 1.83. The minimum Gasteiger partial charge on any atom is -0.396 e. The molecule has 2 atom stereocenters. The Bertz CT molecular complexity index is 508. The van der Waals surface area contributed by atoms with Crippen LogP contribution in [0.2, 0.25) is 0 Å². The molecule has 2 rings (SSSR count). The fraction of sp³-hybridized carbons (Fsp3) is 0.588. The number of fused-ring (bicyclic) bond motifs is 1. The molecular weight excluding hydrogens is 264 g/mol. The lowest BCUT2D eigenvalue weighted by atomic mass is 9.83. The lowest BCUT2D eigenvalue weighted by Gasteiger charge is -2.38. The third kappa shape index (κ3) is 3.44. The summed E-state index contributed by atoms with van der Waals surface area (Å²) in [5.74, 6) is 0.128. The Morgan fingerprint density at radius 1 is 1.38 bits per heavy atom. The first-order chi connectivity index (χ1) is 9.84. The molecule has 1 aromatic carbocycles. The molecule has 0 saturated heterocycles. The van der Waals surface area contributed by atoms with Gasteiger partial charge in [0.15, 0.2) is 0 Å². The molecule has 0 radical (unpaired) electrons. The molecule has 2 N–H and O–H groups in total. The summed E-state index contributed by atoms with van der Waals surface area (Å²) < 4.78 is 0. The fourth-order valence-electron chi connectivity index (χ4n) is 2.93. The van der Waals surface area contributed by atoms with Crippen molar-refractivity contribution in [1.29, 1.82) is 0 Å². The zero-order valence-electron chi connectivity index (χ0n) is 13.4. The Morgan fingerprint density at radius 2 is 2.05 bits per heavy atom. The predicted octanol–water partition coefficient (Wildman–Crippen LogP) is 2.48. The van der Waals surface area contributed by atoms with Crippen LogP contribution in [-0.4, -0.2) is 30.7 Å². The molecule has 1 aromatic rings. The monoisotopic (exact) mass is 290 g/mol. The van der Waals surface area contributed by atoms with Gasteiger partial charge < -0.3 is 15.3 Å². The zero-order valence-corrected chi connectivity index (χ0v) is 13.4. The number of nitrogens with zero attached hydrogens (tertiary/aromatic N) is 1. The van der Waals surface area contributed by atoms with Gasteiger partial charge in [0, 0.05) is 37.8 Å². The lowest BCUT2D eigenvalue weighted by molar-refractivity contribution is -0.119. The van der Waals surface area contributed by atoms with Crippen LogP contribution in [0.1, 0.15) is 45.2 Å². The standard InChI is InChI=1S/C17H26N2O2/c1-17(2,3)15(9-10-20)18-13-11-16(21)19(4)14-8-6-5-7-12(13)14/h5-8,13,15,18,20H,9-11H2,1-4H3.